The molecule has 2 heteroatoms. The quantitative estimate of drug-likeness (QED) is 0.780. The van der Waals surface area contributed by atoms with Crippen LogP contribution in [-0.2, 0) is 0 Å². The van der Waals surface area contributed by atoms with Crippen LogP contribution in [0.2, 0.25) is 0 Å². The number of fused-ring (bicyclic) bond motifs is 10. The van der Waals surface area contributed by atoms with Crippen LogP contribution in [0.3, 0.4) is 0 Å². The lowest BCUT2D eigenvalue weighted by atomic mass is 9.62. The molecule has 0 heterocycles. The van der Waals surface area contributed by atoms with E-state index >= 15 is 0 Å². The molecule has 0 aromatic rings. The van der Waals surface area contributed by atoms with Crippen molar-refractivity contribution in [2.24, 2.45) is 47.3 Å². The molecule has 0 aliphatic heterocycles. The Morgan fingerprint density at radius 3 is 1.41 bits per heavy atom. The van der Waals surface area contributed by atoms with Gasteiger partial charge in [0, 0.05) is 0 Å². The van der Waals surface area contributed by atoms with Gasteiger partial charge >= 0.3 is 0 Å². The van der Waals surface area contributed by atoms with Crippen LogP contribution in [0.5, 0.6) is 0 Å². The fraction of sp³-hybridized carbons (Fsp3) is 1.00. The first-order valence-corrected chi connectivity index (χ1v) is 10.1. The van der Waals surface area contributed by atoms with Crippen LogP contribution in [0.25, 0.3) is 0 Å². The van der Waals surface area contributed by atoms with E-state index in [1.54, 1.807) is 0 Å². The van der Waals surface area contributed by atoms with E-state index in [1.807, 2.05) is 0 Å². The van der Waals surface area contributed by atoms with E-state index < -0.39 is 11.2 Å². The van der Waals surface area contributed by atoms with Gasteiger partial charge in [-0.2, -0.15) is 0 Å². The second-order valence-corrected chi connectivity index (χ2v) is 9.97. The minimum Gasteiger partial charge on any atom is -0.387 e. The molecule has 4 bridgehead atoms. The Bertz CT molecular complexity index is 472. The summed E-state index contributed by atoms with van der Waals surface area (Å²) in [6.45, 7) is 0. The first-order chi connectivity index (χ1) is 10.6. The number of hydrogen-bond donors (Lipinski definition) is 2. The molecule has 0 amide bonds. The molecular weight excluding hydrogens is 272 g/mol. The van der Waals surface area contributed by atoms with E-state index in [2.05, 4.69) is 0 Å². The van der Waals surface area contributed by atoms with Crippen LogP contribution in [0, 0.1) is 47.3 Å². The summed E-state index contributed by atoms with van der Waals surface area (Å²) < 4.78 is 0. The standard InChI is InChI=1S/C20H30O2/c21-19(7-5-15-11-1-3-13(9-11)17(15)19)20(22)8-6-16-12-2-4-14(10-12)18(16)20/h11-18,21-22H,1-10H2/t11-,12-,13+,14+,15-,16-,17+,18+,19-,20-/m0/s1. The highest BCUT2D eigenvalue weighted by Crippen LogP contribution is 2.70. The van der Waals surface area contributed by atoms with Gasteiger partial charge in [0.25, 0.3) is 0 Å². The van der Waals surface area contributed by atoms with Gasteiger partial charge in [0.05, 0.1) is 11.2 Å². The van der Waals surface area contributed by atoms with Gasteiger partial charge in [-0.1, -0.05) is 0 Å². The van der Waals surface area contributed by atoms with Gasteiger partial charge in [0.2, 0.25) is 0 Å². The van der Waals surface area contributed by atoms with Crippen LogP contribution in [-0.4, -0.2) is 21.4 Å². The van der Waals surface area contributed by atoms with Crippen LogP contribution in [0.1, 0.15) is 64.2 Å². The summed E-state index contributed by atoms with van der Waals surface area (Å²) >= 11 is 0. The van der Waals surface area contributed by atoms with Crippen molar-refractivity contribution in [3.63, 3.8) is 0 Å². The maximum Gasteiger partial charge on any atom is 0.0969 e. The molecule has 22 heavy (non-hydrogen) atoms. The molecule has 6 fully saturated rings. The van der Waals surface area contributed by atoms with Crippen molar-refractivity contribution in [3.05, 3.63) is 0 Å². The van der Waals surface area contributed by atoms with E-state index in [-0.39, 0.29) is 0 Å². The molecule has 10 atom stereocenters. The first-order valence-electron chi connectivity index (χ1n) is 10.1. The lowest BCUT2D eigenvalue weighted by molar-refractivity contribution is -0.208. The van der Waals surface area contributed by atoms with Gasteiger partial charge in [0.15, 0.2) is 0 Å². The third-order valence-corrected chi connectivity index (χ3v) is 9.75. The molecule has 6 saturated carbocycles. The average Bonchev–Trinajstić information content (AvgIpc) is 3.28. The second-order valence-electron chi connectivity index (χ2n) is 9.97. The second kappa shape index (κ2) is 3.94. The Balaban J connectivity index is 1.41. The summed E-state index contributed by atoms with van der Waals surface area (Å²) in [5.41, 5.74) is -1.47. The van der Waals surface area contributed by atoms with Gasteiger partial charge in [-0.05, 0) is 112 Å². The van der Waals surface area contributed by atoms with Gasteiger partial charge in [-0.25, -0.2) is 0 Å². The minimum atomic E-state index is -0.735. The van der Waals surface area contributed by atoms with E-state index in [9.17, 15) is 10.2 Å². The zero-order valence-corrected chi connectivity index (χ0v) is 13.6. The maximum absolute atomic E-state index is 11.9. The summed E-state index contributed by atoms with van der Waals surface area (Å²) in [5.74, 6) is 5.57. The zero-order chi connectivity index (χ0) is 14.7. The zero-order valence-electron chi connectivity index (χ0n) is 13.6. The Kier molecular flexibility index (Phi) is 2.37. The summed E-state index contributed by atoms with van der Waals surface area (Å²) in [5, 5.41) is 23.7. The third-order valence-electron chi connectivity index (χ3n) is 9.75. The number of hydrogen-bond acceptors (Lipinski definition) is 2. The number of rotatable bonds is 1. The molecule has 122 valence electrons. The summed E-state index contributed by atoms with van der Waals surface area (Å²) in [6.07, 6.45) is 12.3. The van der Waals surface area contributed by atoms with Crippen molar-refractivity contribution in [1.29, 1.82) is 0 Å². The molecule has 2 nitrogen and oxygen atoms in total. The normalized spacial score (nSPS) is 67.9. The topological polar surface area (TPSA) is 40.5 Å². The summed E-state index contributed by atoms with van der Waals surface area (Å²) in [6, 6.07) is 0. The van der Waals surface area contributed by atoms with Crippen molar-refractivity contribution < 1.29 is 10.2 Å². The molecule has 0 unspecified atom stereocenters. The van der Waals surface area contributed by atoms with Gasteiger partial charge in [-0.3, -0.25) is 0 Å². The molecule has 0 aromatic heterocycles. The van der Waals surface area contributed by atoms with E-state index in [0.717, 1.165) is 48.3 Å². The Hall–Kier alpha value is -0.0800. The molecule has 6 aliphatic carbocycles. The van der Waals surface area contributed by atoms with Crippen LogP contribution in [0.15, 0.2) is 0 Å². The molecule has 6 rings (SSSR count). The number of aliphatic hydroxyl groups is 2. The van der Waals surface area contributed by atoms with E-state index in [1.165, 1.54) is 51.4 Å². The molecular formula is C20H30O2. The van der Waals surface area contributed by atoms with Crippen molar-refractivity contribution >= 4 is 0 Å². The van der Waals surface area contributed by atoms with Crippen LogP contribution in [0.4, 0.5) is 0 Å². The van der Waals surface area contributed by atoms with Gasteiger partial charge in [0.1, 0.15) is 0 Å². The van der Waals surface area contributed by atoms with Crippen molar-refractivity contribution in [1.82, 2.24) is 0 Å². The molecule has 6 aliphatic rings. The van der Waals surface area contributed by atoms with Crippen molar-refractivity contribution in [2.45, 2.75) is 75.4 Å². The monoisotopic (exact) mass is 302 g/mol. The summed E-state index contributed by atoms with van der Waals surface area (Å²) in [7, 11) is 0. The minimum absolute atomic E-state index is 0.439. The molecule has 0 spiro atoms. The SMILES string of the molecule is O[C@@]1([C@]2(O)CC[C@H]3[C@H]4CC[C@H](C4)[C@H]32)CC[C@H]2[C@H]3CC[C@H](C3)[C@H]21. The van der Waals surface area contributed by atoms with E-state index in [4.69, 9.17) is 0 Å². The van der Waals surface area contributed by atoms with Crippen LogP contribution >= 0.6 is 0 Å². The fourth-order valence-corrected chi connectivity index (χ4v) is 9.26. The van der Waals surface area contributed by atoms with Crippen molar-refractivity contribution in [3.8, 4) is 0 Å². The lowest BCUT2D eigenvalue weighted by Crippen LogP contribution is -2.61. The Morgan fingerprint density at radius 1 is 0.545 bits per heavy atom. The highest BCUT2D eigenvalue weighted by molar-refractivity contribution is 5.22. The third kappa shape index (κ3) is 1.27. The lowest BCUT2D eigenvalue weighted by Gasteiger charge is -2.50. The maximum atomic E-state index is 11.9. The molecule has 0 saturated heterocycles. The molecule has 2 N–H and O–H groups in total. The molecule has 0 aromatic carbocycles. The predicted molar refractivity (Wildman–Crippen MR) is 84.0 cm³/mol. The average molecular weight is 302 g/mol. The highest BCUT2D eigenvalue weighted by Gasteiger charge is 2.72. The largest absolute Gasteiger partial charge is 0.387 e. The van der Waals surface area contributed by atoms with Gasteiger partial charge < -0.3 is 10.2 Å². The Labute approximate surface area is 133 Å². The van der Waals surface area contributed by atoms with E-state index in [0.29, 0.717) is 11.8 Å². The first kappa shape index (κ1) is 13.2. The van der Waals surface area contributed by atoms with Crippen molar-refractivity contribution in [2.75, 3.05) is 0 Å². The smallest absolute Gasteiger partial charge is 0.0969 e. The predicted octanol–water partition coefficient (Wildman–Crippen LogP) is 3.36. The Morgan fingerprint density at radius 2 is 0.955 bits per heavy atom. The van der Waals surface area contributed by atoms with Crippen LogP contribution < -0.4 is 0 Å². The molecule has 0 radical (unpaired) electrons. The summed E-state index contributed by atoms with van der Waals surface area (Å²) in [4.78, 5) is 0. The highest BCUT2D eigenvalue weighted by atomic mass is 16.4. The fourth-order valence-electron chi connectivity index (χ4n) is 9.26. The van der Waals surface area contributed by atoms with Gasteiger partial charge in [-0.15, -0.1) is 0 Å².